The van der Waals surface area contributed by atoms with Crippen LogP contribution < -0.4 is 0 Å². The lowest BCUT2D eigenvalue weighted by Gasteiger charge is -2.56. The van der Waals surface area contributed by atoms with Crippen LogP contribution in [0.1, 0.15) is 53.2 Å². The van der Waals surface area contributed by atoms with Crippen molar-refractivity contribution < 1.29 is 36.7 Å². The van der Waals surface area contributed by atoms with Crippen molar-refractivity contribution in [1.29, 1.82) is 0 Å². The number of hydrogen-bond donors (Lipinski definition) is 0. The molecule has 2 atom stereocenters. The Bertz CT molecular complexity index is 2040. The zero-order chi connectivity index (χ0) is 33.6. The molecule has 242 valence electrons. The number of hydrogen-bond acceptors (Lipinski definition) is 11. The van der Waals surface area contributed by atoms with Gasteiger partial charge in [0.05, 0.1) is 23.7 Å². The van der Waals surface area contributed by atoms with E-state index >= 15 is 0 Å². The van der Waals surface area contributed by atoms with Crippen LogP contribution in [0.3, 0.4) is 0 Å². The minimum atomic E-state index is -0.731. The summed E-state index contributed by atoms with van der Waals surface area (Å²) < 4.78 is 56.6. The summed E-state index contributed by atoms with van der Waals surface area (Å²) >= 11 is 1.66. The molecule has 2 aromatic carbocycles. The number of Topliss-reactive ketones (excluding diaryl/α,β-unsaturated/α-hetero) is 2. The smallest absolute Gasteiger partial charge is 0.221 e. The van der Waals surface area contributed by atoms with Crippen molar-refractivity contribution in [1.82, 2.24) is 24.7 Å². The minimum Gasteiger partial charge on any atom is -0.352 e. The quantitative estimate of drug-likeness (QED) is 0.235. The van der Waals surface area contributed by atoms with Crippen LogP contribution in [-0.4, -0.2) is 80.3 Å². The van der Waals surface area contributed by atoms with E-state index in [1.54, 1.807) is 9.80 Å². The number of carbonyl (C=O) groups excluding carboxylic acids is 4. The highest BCUT2D eigenvalue weighted by molar-refractivity contribution is 7.18. The van der Waals surface area contributed by atoms with Gasteiger partial charge in [0.25, 0.3) is 0 Å². The van der Waals surface area contributed by atoms with Crippen LogP contribution in [0.5, 0.6) is 0 Å². The molecule has 0 N–H and O–H groups in total. The van der Waals surface area contributed by atoms with Crippen molar-refractivity contribution in [3.63, 3.8) is 0 Å². The third-order valence-electron chi connectivity index (χ3n) is 8.99. The van der Waals surface area contributed by atoms with Gasteiger partial charge in [-0.1, -0.05) is 0 Å². The molecule has 2 aliphatic heterocycles. The molecule has 2 fully saturated rings. The number of halogens is 4. The van der Waals surface area contributed by atoms with Gasteiger partial charge in [-0.25, -0.2) is 27.5 Å². The van der Waals surface area contributed by atoms with E-state index in [9.17, 15) is 36.7 Å². The first-order valence-electron chi connectivity index (χ1n) is 14.8. The molecule has 0 saturated carbocycles. The number of likely N-dealkylation sites (tertiary alicyclic amines) is 2. The Hall–Kier alpha value is -4.86. The van der Waals surface area contributed by atoms with Crippen molar-refractivity contribution in [3.05, 3.63) is 104 Å². The molecule has 2 aromatic heterocycles. The van der Waals surface area contributed by atoms with Crippen LogP contribution in [0, 0.1) is 23.3 Å². The predicted octanol–water partition coefficient (Wildman–Crippen LogP) is 5.71. The molecule has 2 saturated heterocycles. The van der Waals surface area contributed by atoms with Crippen LogP contribution >= 0.6 is 22.7 Å². The zero-order valence-electron chi connectivity index (χ0n) is 24.8. The number of ketones is 4. The summed E-state index contributed by atoms with van der Waals surface area (Å²) in [6.07, 6.45) is 3.06. The van der Waals surface area contributed by atoms with Gasteiger partial charge in [-0.3, -0.25) is 24.1 Å². The van der Waals surface area contributed by atoms with E-state index in [-0.39, 0.29) is 66.0 Å². The second kappa shape index (κ2) is 11.1. The third kappa shape index (κ3) is 4.67. The lowest BCUT2D eigenvalue weighted by molar-refractivity contribution is -0.0902. The molecule has 2 unspecified atom stereocenters. The second-order valence-electron chi connectivity index (χ2n) is 11.7. The highest BCUT2D eigenvalue weighted by atomic mass is 32.1. The lowest BCUT2D eigenvalue weighted by atomic mass is 9.96. The standard InChI is InChI=1S/C33H21F4N5O4S2/c1-40(24-6-8-41(24)20-12-22(43)26-30(28(20)45)47-32(38-26)16-10-14(34)2-4-18(16)36)25-7-9-42(25)21-13-23(44)27-31(29(21)46)48-33(39-27)17-11-15(35)3-5-19(17)37/h2-5,10-13,24-25H,6-9H2,1H3. The number of aromatic nitrogens is 2. The Balaban J connectivity index is 1.01. The van der Waals surface area contributed by atoms with Crippen molar-refractivity contribution in [2.45, 2.75) is 25.2 Å². The van der Waals surface area contributed by atoms with Crippen molar-refractivity contribution in [3.8, 4) is 21.1 Å². The number of nitrogens with zero attached hydrogens (tertiary/aromatic N) is 5. The Morgan fingerprint density at radius 3 is 1.48 bits per heavy atom. The highest BCUT2D eigenvalue weighted by Crippen LogP contribution is 2.41. The van der Waals surface area contributed by atoms with Gasteiger partial charge in [-0.05, 0) is 56.3 Å². The normalized spacial score (nSPS) is 20.4. The fourth-order valence-corrected chi connectivity index (χ4v) is 8.44. The Morgan fingerprint density at radius 1 is 0.688 bits per heavy atom. The summed E-state index contributed by atoms with van der Waals surface area (Å²) in [5.41, 5.74) is -0.189. The van der Waals surface area contributed by atoms with Gasteiger partial charge in [-0.2, -0.15) is 0 Å². The highest BCUT2D eigenvalue weighted by Gasteiger charge is 2.46. The lowest BCUT2D eigenvalue weighted by Crippen LogP contribution is -2.66. The summed E-state index contributed by atoms with van der Waals surface area (Å²) in [7, 11) is 1.82. The Kier molecular flexibility index (Phi) is 7.05. The van der Waals surface area contributed by atoms with Gasteiger partial charge >= 0.3 is 0 Å². The van der Waals surface area contributed by atoms with Crippen molar-refractivity contribution in [2.75, 3.05) is 20.1 Å². The largest absolute Gasteiger partial charge is 0.352 e. The monoisotopic (exact) mass is 691 g/mol. The molecule has 0 amide bonds. The third-order valence-corrected chi connectivity index (χ3v) is 11.2. The van der Waals surface area contributed by atoms with E-state index in [4.69, 9.17) is 0 Å². The Morgan fingerprint density at radius 2 is 1.10 bits per heavy atom. The minimum absolute atomic E-state index is 0.0213. The molecule has 2 aliphatic carbocycles. The molecule has 0 bridgehead atoms. The van der Waals surface area contributed by atoms with Gasteiger partial charge in [0.2, 0.25) is 23.1 Å². The maximum absolute atomic E-state index is 14.4. The number of allylic oxidation sites excluding steroid dienone is 4. The molecule has 0 radical (unpaired) electrons. The number of fused-ring (bicyclic) bond motifs is 2. The van der Waals surface area contributed by atoms with Crippen LogP contribution in [0.4, 0.5) is 17.6 Å². The van der Waals surface area contributed by atoms with Crippen LogP contribution in [-0.2, 0) is 0 Å². The summed E-state index contributed by atoms with van der Waals surface area (Å²) in [5, 5.41) is 0.0426. The zero-order valence-corrected chi connectivity index (χ0v) is 26.4. The van der Waals surface area contributed by atoms with E-state index in [2.05, 4.69) is 9.97 Å². The molecule has 4 heterocycles. The number of carbonyl (C=O) groups is 4. The summed E-state index contributed by atoms with van der Waals surface area (Å²) in [6, 6.07) is 5.77. The van der Waals surface area contributed by atoms with Crippen LogP contribution in [0.15, 0.2) is 59.9 Å². The summed E-state index contributed by atoms with van der Waals surface area (Å²) in [5.74, 6) is -4.77. The van der Waals surface area contributed by atoms with Gasteiger partial charge in [0.15, 0.2) is 0 Å². The molecule has 0 spiro atoms. The Labute approximate surface area is 277 Å². The predicted molar refractivity (Wildman–Crippen MR) is 166 cm³/mol. The fraction of sp³-hybridized carbons (Fsp3) is 0.212. The van der Waals surface area contributed by atoms with Crippen LogP contribution in [0.25, 0.3) is 21.1 Å². The maximum atomic E-state index is 14.4. The summed E-state index contributed by atoms with van der Waals surface area (Å²) in [6.45, 7) is 0.936. The van der Waals surface area contributed by atoms with Crippen LogP contribution in [0.2, 0.25) is 0 Å². The van der Waals surface area contributed by atoms with Gasteiger partial charge < -0.3 is 9.80 Å². The number of benzene rings is 2. The molecular weight excluding hydrogens is 671 g/mol. The van der Waals surface area contributed by atoms with E-state index in [0.29, 0.717) is 25.9 Å². The first kappa shape index (κ1) is 30.5. The molecule has 9 nitrogen and oxygen atoms in total. The number of rotatable bonds is 6. The first-order chi connectivity index (χ1) is 23.0. The fourth-order valence-electron chi connectivity index (χ4n) is 6.37. The maximum Gasteiger partial charge on any atom is 0.221 e. The second-order valence-corrected chi connectivity index (χ2v) is 13.7. The molecule has 15 heteroatoms. The van der Waals surface area contributed by atoms with E-state index in [1.165, 1.54) is 12.2 Å². The molecular formula is C33H21F4N5O4S2. The van der Waals surface area contributed by atoms with E-state index in [1.807, 2.05) is 11.9 Å². The van der Waals surface area contributed by atoms with E-state index < -0.39 is 46.4 Å². The molecule has 4 aliphatic rings. The topological polar surface area (TPSA) is 104 Å². The van der Waals surface area contributed by atoms with E-state index in [0.717, 1.165) is 59.1 Å². The average Bonchev–Trinajstić information content (AvgIpc) is 3.66. The average molecular weight is 692 g/mol. The van der Waals surface area contributed by atoms with Gasteiger partial charge in [0.1, 0.15) is 54.4 Å². The summed E-state index contributed by atoms with van der Waals surface area (Å²) in [4.78, 5) is 67.4. The van der Waals surface area contributed by atoms with Crippen molar-refractivity contribution in [2.24, 2.45) is 0 Å². The molecule has 8 rings (SSSR count). The van der Waals surface area contributed by atoms with Gasteiger partial charge in [0, 0.05) is 36.4 Å². The van der Waals surface area contributed by atoms with Crippen molar-refractivity contribution >= 4 is 45.8 Å². The molecule has 48 heavy (non-hydrogen) atoms. The molecule has 4 aromatic rings. The van der Waals surface area contributed by atoms with Gasteiger partial charge in [-0.15, -0.1) is 22.7 Å². The number of thiazole rings is 2. The SMILES string of the molecule is CN(C1CCN1C1=CC(=O)c2nc(-c3cc(F)ccc3F)sc2C1=O)C1CCN1C1=CC(=O)c2nc(-c3cc(F)ccc3F)sc2C1=O. The first-order valence-corrected chi connectivity index (χ1v) is 16.4.